The number of unbranched alkanes of at least 4 members (excludes halogenated alkanes) is 1. The van der Waals surface area contributed by atoms with Crippen LogP contribution in [0.25, 0.3) is 10.9 Å². The van der Waals surface area contributed by atoms with Crippen molar-refractivity contribution in [1.29, 1.82) is 0 Å². The topological polar surface area (TPSA) is 76.5 Å². The lowest BCUT2D eigenvalue weighted by molar-refractivity contribution is -0.115. The number of anilines is 2. The number of amides is 1. The van der Waals surface area contributed by atoms with Crippen LogP contribution in [0, 0.1) is 0 Å². The number of thioether (sulfide) groups is 1. The zero-order valence-electron chi connectivity index (χ0n) is 19.1. The molecule has 1 amide bonds. The number of aromatic nitrogens is 2. The number of hydrogen-bond donors (Lipinski definition) is 1. The number of fused-ring (bicyclic) bond motifs is 1. The molecule has 0 radical (unpaired) electrons. The lowest BCUT2D eigenvalue weighted by atomic mass is 10.2. The van der Waals surface area contributed by atoms with E-state index in [0.717, 1.165) is 50.5 Å². The van der Waals surface area contributed by atoms with E-state index in [1.54, 1.807) is 10.6 Å². The Hall–Kier alpha value is -2.84. The van der Waals surface area contributed by atoms with Crippen molar-refractivity contribution >= 4 is 39.9 Å². The predicted molar refractivity (Wildman–Crippen MR) is 134 cm³/mol. The van der Waals surface area contributed by atoms with Crippen molar-refractivity contribution in [2.75, 3.05) is 36.5 Å². The summed E-state index contributed by atoms with van der Waals surface area (Å²) in [5.74, 6) is -0.122. The summed E-state index contributed by atoms with van der Waals surface area (Å²) in [6.45, 7) is 7.74. The molecule has 4 rings (SSSR count). The number of nitrogens with zero attached hydrogens (tertiary/aromatic N) is 3. The molecule has 3 aromatic rings. The molecule has 0 bridgehead atoms. The van der Waals surface area contributed by atoms with Crippen molar-refractivity contribution in [1.82, 2.24) is 9.55 Å². The van der Waals surface area contributed by atoms with E-state index in [4.69, 9.17) is 9.72 Å². The van der Waals surface area contributed by atoms with Crippen molar-refractivity contribution in [2.45, 2.75) is 43.6 Å². The standard InChI is InChI=1S/C25H30N4O3S/c1-3-4-13-29-24(31)21-7-5-6-8-22(21)27-25(29)33-18(2)23(30)26-19-9-11-20(12-10-19)28-14-16-32-17-15-28/h5-12,18H,3-4,13-17H2,1-2H3,(H,26,30). The number of hydrogen-bond acceptors (Lipinski definition) is 6. The summed E-state index contributed by atoms with van der Waals surface area (Å²) in [6, 6.07) is 15.2. The van der Waals surface area contributed by atoms with Crippen LogP contribution < -0.4 is 15.8 Å². The number of ether oxygens (including phenoxy) is 1. The highest BCUT2D eigenvalue weighted by Gasteiger charge is 2.20. The quantitative estimate of drug-likeness (QED) is 0.397. The molecule has 2 aromatic carbocycles. The highest BCUT2D eigenvalue weighted by Crippen LogP contribution is 2.25. The van der Waals surface area contributed by atoms with Gasteiger partial charge in [0.25, 0.3) is 5.56 Å². The summed E-state index contributed by atoms with van der Waals surface area (Å²) in [4.78, 5) is 32.9. The first-order chi connectivity index (χ1) is 16.1. The molecule has 33 heavy (non-hydrogen) atoms. The van der Waals surface area contributed by atoms with Crippen LogP contribution in [0.15, 0.2) is 58.5 Å². The minimum Gasteiger partial charge on any atom is -0.378 e. The Kier molecular flexibility index (Phi) is 7.67. The summed E-state index contributed by atoms with van der Waals surface area (Å²) in [5, 5.41) is 3.76. The average molecular weight is 467 g/mol. The van der Waals surface area contributed by atoms with Crippen LogP contribution in [0.2, 0.25) is 0 Å². The lowest BCUT2D eigenvalue weighted by Crippen LogP contribution is -2.36. The van der Waals surface area contributed by atoms with Crippen molar-refractivity contribution < 1.29 is 9.53 Å². The maximum Gasteiger partial charge on any atom is 0.262 e. The Morgan fingerprint density at radius 1 is 1.15 bits per heavy atom. The predicted octanol–water partition coefficient (Wildman–Crippen LogP) is 4.15. The van der Waals surface area contributed by atoms with E-state index in [-0.39, 0.29) is 11.5 Å². The molecule has 0 spiro atoms. The van der Waals surface area contributed by atoms with Gasteiger partial charge in [-0.2, -0.15) is 0 Å². The van der Waals surface area contributed by atoms with Gasteiger partial charge in [-0.15, -0.1) is 0 Å². The van der Waals surface area contributed by atoms with E-state index < -0.39 is 5.25 Å². The van der Waals surface area contributed by atoms with Gasteiger partial charge in [-0.05, 0) is 49.7 Å². The number of para-hydroxylation sites is 1. The Morgan fingerprint density at radius 2 is 1.88 bits per heavy atom. The van der Waals surface area contributed by atoms with Gasteiger partial charge in [-0.25, -0.2) is 4.98 Å². The van der Waals surface area contributed by atoms with E-state index >= 15 is 0 Å². The van der Waals surface area contributed by atoms with E-state index in [2.05, 4.69) is 17.1 Å². The highest BCUT2D eigenvalue weighted by atomic mass is 32.2. The van der Waals surface area contributed by atoms with Crippen LogP contribution >= 0.6 is 11.8 Å². The van der Waals surface area contributed by atoms with E-state index in [9.17, 15) is 9.59 Å². The average Bonchev–Trinajstić information content (AvgIpc) is 2.85. The lowest BCUT2D eigenvalue weighted by Gasteiger charge is -2.28. The third-order valence-electron chi connectivity index (χ3n) is 5.72. The van der Waals surface area contributed by atoms with Gasteiger partial charge < -0.3 is 15.0 Å². The first-order valence-electron chi connectivity index (χ1n) is 11.5. The van der Waals surface area contributed by atoms with Crippen LogP contribution in [0.3, 0.4) is 0 Å². The number of carbonyl (C=O) groups excluding carboxylic acids is 1. The van der Waals surface area contributed by atoms with Gasteiger partial charge in [0, 0.05) is 31.0 Å². The minimum absolute atomic E-state index is 0.0529. The van der Waals surface area contributed by atoms with Crippen molar-refractivity contribution in [3.63, 3.8) is 0 Å². The fraction of sp³-hybridized carbons (Fsp3) is 0.400. The molecule has 1 atom stereocenters. The Bertz CT molecular complexity index is 1160. The van der Waals surface area contributed by atoms with Gasteiger partial charge in [0.15, 0.2) is 5.16 Å². The molecule has 1 aliphatic heterocycles. The van der Waals surface area contributed by atoms with Crippen molar-refractivity contribution in [2.24, 2.45) is 0 Å². The van der Waals surface area contributed by atoms with Gasteiger partial charge in [-0.3, -0.25) is 14.2 Å². The molecule has 1 unspecified atom stereocenters. The summed E-state index contributed by atoms with van der Waals surface area (Å²) in [7, 11) is 0. The zero-order chi connectivity index (χ0) is 23.2. The fourth-order valence-electron chi connectivity index (χ4n) is 3.78. The molecule has 1 aromatic heterocycles. The molecular formula is C25H30N4O3S. The van der Waals surface area contributed by atoms with Gasteiger partial charge >= 0.3 is 0 Å². The zero-order valence-corrected chi connectivity index (χ0v) is 19.9. The Labute approximate surface area is 198 Å². The summed E-state index contributed by atoms with van der Waals surface area (Å²) >= 11 is 1.32. The van der Waals surface area contributed by atoms with E-state index in [1.807, 2.05) is 49.4 Å². The molecule has 174 valence electrons. The van der Waals surface area contributed by atoms with Crippen LogP contribution in [0.4, 0.5) is 11.4 Å². The molecule has 1 aliphatic rings. The molecule has 7 nitrogen and oxygen atoms in total. The maximum atomic E-state index is 13.1. The second-order valence-corrected chi connectivity index (χ2v) is 9.43. The fourth-order valence-corrected chi connectivity index (χ4v) is 4.72. The Morgan fingerprint density at radius 3 is 2.61 bits per heavy atom. The summed E-state index contributed by atoms with van der Waals surface area (Å²) in [5.41, 5.74) is 2.48. The number of morpholine rings is 1. The maximum absolute atomic E-state index is 13.1. The SMILES string of the molecule is CCCCn1c(SC(C)C(=O)Nc2ccc(N3CCOCC3)cc2)nc2ccccc2c1=O. The van der Waals surface area contributed by atoms with Crippen LogP contribution in [-0.4, -0.2) is 47.0 Å². The number of carbonyl (C=O) groups is 1. The molecule has 2 heterocycles. The van der Waals surface area contributed by atoms with Crippen molar-refractivity contribution in [3.8, 4) is 0 Å². The third kappa shape index (κ3) is 5.57. The normalized spacial score (nSPS) is 14.9. The molecule has 1 fully saturated rings. The monoisotopic (exact) mass is 466 g/mol. The summed E-state index contributed by atoms with van der Waals surface area (Å²) < 4.78 is 7.11. The van der Waals surface area contributed by atoms with E-state index in [1.165, 1.54) is 11.8 Å². The first kappa shape index (κ1) is 23.3. The number of nitrogens with one attached hydrogen (secondary N) is 1. The smallest absolute Gasteiger partial charge is 0.262 e. The Balaban J connectivity index is 1.47. The van der Waals surface area contributed by atoms with Crippen LogP contribution in [-0.2, 0) is 16.1 Å². The van der Waals surface area contributed by atoms with Crippen LogP contribution in [0.5, 0.6) is 0 Å². The van der Waals surface area contributed by atoms with Gasteiger partial charge in [0.05, 0.1) is 29.4 Å². The molecule has 8 heteroatoms. The van der Waals surface area contributed by atoms with Crippen molar-refractivity contribution in [3.05, 3.63) is 58.9 Å². The largest absolute Gasteiger partial charge is 0.378 e. The minimum atomic E-state index is -0.412. The second-order valence-electron chi connectivity index (χ2n) is 8.12. The molecule has 1 N–H and O–H groups in total. The molecule has 0 saturated carbocycles. The first-order valence-corrected chi connectivity index (χ1v) is 12.3. The number of benzene rings is 2. The van der Waals surface area contributed by atoms with Gasteiger partial charge in [0.2, 0.25) is 5.91 Å². The van der Waals surface area contributed by atoms with Crippen LogP contribution in [0.1, 0.15) is 26.7 Å². The second kappa shape index (κ2) is 10.9. The number of rotatable bonds is 8. The van der Waals surface area contributed by atoms with Gasteiger partial charge in [-0.1, -0.05) is 37.2 Å². The molecular weight excluding hydrogens is 436 g/mol. The molecule has 0 aliphatic carbocycles. The molecule has 1 saturated heterocycles. The third-order valence-corrected chi connectivity index (χ3v) is 6.81. The van der Waals surface area contributed by atoms with Gasteiger partial charge in [0.1, 0.15) is 0 Å². The van der Waals surface area contributed by atoms with E-state index in [0.29, 0.717) is 22.6 Å². The summed E-state index contributed by atoms with van der Waals surface area (Å²) in [6.07, 6.45) is 1.85. The highest BCUT2D eigenvalue weighted by molar-refractivity contribution is 8.00.